The van der Waals surface area contributed by atoms with Crippen LogP contribution in [-0.2, 0) is 23.9 Å². The number of nitrogens with zero attached hydrogens (tertiary/aromatic N) is 1. The summed E-state index contributed by atoms with van der Waals surface area (Å²) in [6, 6.07) is 19.9. The van der Waals surface area contributed by atoms with Crippen LogP contribution in [0.2, 0.25) is 0 Å². The van der Waals surface area contributed by atoms with Gasteiger partial charge in [-0.3, -0.25) is 9.59 Å². The van der Waals surface area contributed by atoms with Gasteiger partial charge in [-0.05, 0) is 81.0 Å². The predicted molar refractivity (Wildman–Crippen MR) is 185 cm³/mol. The van der Waals surface area contributed by atoms with Gasteiger partial charge in [0.15, 0.2) is 0 Å². The van der Waals surface area contributed by atoms with Gasteiger partial charge in [0.05, 0.1) is 29.9 Å². The zero-order valence-electron chi connectivity index (χ0n) is 28.3. The molecule has 49 heavy (non-hydrogen) atoms. The van der Waals surface area contributed by atoms with Gasteiger partial charge in [0, 0.05) is 30.8 Å². The highest BCUT2D eigenvalue weighted by Gasteiger charge is 2.34. The number of allylic oxidation sites excluding steroid dienone is 2. The standard InChI is InChI=1S/C39H46F3N3O4/c1-5-27(4)49-36(20-26(2)3)34-18-11-19-45(34)38(48)31-16-10-15-30(23-31)37(47)44-33(22-28-12-7-6-8-13-28)35(46)25-43-24-29-14-9-17-32(21-29)39(40,41)42/h6-10,12-17,20-21,23,27,33-35,43,46H,2,5,11,18-19,22,24-25H2,1,3-4H3,(H,44,47). The van der Waals surface area contributed by atoms with Crippen molar-refractivity contribution in [3.05, 3.63) is 131 Å². The molecule has 10 heteroatoms. The first-order valence-electron chi connectivity index (χ1n) is 16.7. The van der Waals surface area contributed by atoms with Crippen molar-refractivity contribution in [1.82, 2.24) is 15.5 Å². The topological polar surface area (TPSA) is 90.9 Å². The van der Waals surface area contributed by atoms with Crippen molar-refractivity contribution in [2.24, 2.45) is 0 Å². The Bertz CT molecular complexity index is 1610. The fraction of sp³-hybridized carbons (Fsp3) is 0.385. The Morgan fingerprint density at radius 1 is 1.04 bits per heavy atom. The van der Waals surface area contributed by atoms with E-state index in [9.17, 15) is 27.9 Å². The minimum Gasteiger partial charge on any atom is -0.493 e. The zero-order valence-corrected chi connectivity index (χ0v) is 28.3. The quantitative estimate of drug-likeness (QED) is 0.118. The fourth-order valence-electron chi connectivity index (χ4n) is 5.80. The van der Waals surface area contributed by atoms with E-state index in [1.807, 2.05) is 57.2 Å². The van der Waals surface area contributed by atoms with Crippen LogP contribution in [-0.4, -0.2) is 59.2 Å². The number of hydrogen-bond acceptors (Lipinski definition) is 5. The van der Waals surface area contributed by atoms with Crippen LogP contribution < -0.4 is 10.6 Å². The van der Waals surface area contributed by atoms with E-state index in [0.29, 0.717) is 29.9 Å². The number of aliphatic hydroxyl groups excluding tert-OH is 1. The molecule has 7 nitrogen and oxygen atoms in total. The number of aliphatic hydroxyl groups is 1. The molecule has 0 radical (unpaired) electrons. The molecule has 0 spiro atoms. The van der Waals surface area contributed by atoms with E-state index in [-0.39, 0.29) is 36.7 Å². The average Bonchev–Trinajstić information content (AvgIpc) is 3.57. The minimum atomic E-state index is -4.45. The van der Waals surface area contributed by atoms with Crippen LogP contribution in [0.25, 0.3) is 0 Å². The first kappa shape index (κ1) is 37.4. The molecule has 1 aliphatic rings. The number of halogens is 3. The molecule has 0 bridgehead atoms. The Labute approximate surface area is 286 Å². The summed E-state index contributed by atoms with van der Waals surface area (Å²) >= 11 is 0. The monoisotopic (exact) mass is 677 g/mol. The summed E-state index contributed by atoms with van der Waals surface area (Å²) in [7, 11) is 0. The number of benzene rings is 3. The van der Waals surface area contributed by atoms with E-state index in [1.54, 1.807) is 35.2 Å². The van der Waals surface area contributed by atoms with Gasteiger partial charge in [-0.2, -0.15) is 13.2 Å². The molecule has 4 rings (SSSR count). The highest BCUT2D eigenvalue weighted by Crippen LogP contribution is 2.30. The van der Waals surface area contributed by atoms with Crippen LogP contribution in [0.5, 0.6) is 0 Å². The molecule has 262 valence electrons. The third-order valence-electron chi connectivity index (χ3n) is 8.53. The Kier molecular flexibility index (Phi) is 13.2. The van der Waals surface area contributed by atoms with E-state index in [4.69, 9.17) is 4.74 Å². The molecule has 1 fully saturated rings. The SMILES string of the molecule is C=C(C)C=C(OC(C)CC)C1CCCN1C(=O)c1cccc(C(=O)NC(Cc2ccccc2)C(O)CNCc2cccc(C(F)(F)F)c2)c1. The Hall–Kier alpha value is -4.41. The molecule has 0 aliphatic carbocycles. The van der Waals surface area contributed by atoms with E-state index >= 15 is 0 Å². The largest absolute Gasteiger partial charge is 0.493 e. The molecule has 4 unspecified atom stereocenters. The molecule has 0 aromatic heterocycles. The molecule has 1 saturated heterocycles. The van der Waals surface area contributed by atoms with Gasteiger partial charge >= 0.3 is 6.18 Å². The second kappa shape index (κ2) is 17.3. The van der Waals surface area contributed by atoms with Crippen LogP contribution in [0.4, 0.5) is 13.2 Å². The summed E-state index contributed by atoms with van der Waals surface area (Å²) in [5.41, 5.74) is 2.01. The summed E-state index contributed by atoms with van der Waals surface area (Å²) in [5.74, 6) is 0.0339. The first-order chi connectivity index (χ1) is 23.3. The highest BCUT2D eigenvalue weighted by atomic mass is 19.4. The Balaban J connectivity index is 1.48. The number of carbonyl (C=O) groups is 2. The summed E-state index contributed by atoms with van der Waals surface area (Å²) in [6.45, 7) is 10.6. The second-order valence-electron chi connectivity index (χ2n) is 12.6. The Morgan fingerprint density at radius 2 is 1.73 bits per heavy atom. The van der Waals surface area contributed by atoms with E-state index in [0.717, 1.165) is 42.5 Å². The van der Waals surface area contributed by atoms with Gasteiger partial charge in [-0.15, -0.1) is 0 Å². The molecular weight excluding hydrogens is 631 g/mol. The molecule has 3 N–H and O–H groups in total. The number of hydrogen-bond donors (Lipinski definition) is 3. The van der Waals surface area contributed by atoms with Gasteiger partial charge in [-0.25, -0.2) is 0 Å². The molecule has 3 aromatic carbocycles. The van der Waals surface area contributed by atoms with Gasteiger partial charge in [0.25, 0.3) is 11.8 Å². The maximum atomic E-state index is 13.8. The molecule has 1 aliphatic heterocycles. The van der Waals surface area contributed by atoms with Gasteiger partial charge in [0.1, 0.15) is 5.76 Å². The molecular formula is C39H46F3N3O4. The highest BCUT2D eigenvalue weighted by molar-refractivity contribution is 6.00. The normalized spacial score (nSPS) is 16.9. The second-order valence-corrected chi connectivity index (χ2v) is 12.6. The van der Waals surface area contributed by atoms with Gasteiger partial charge in [0.2, 0.25) is 0 Å². The average molecular weight is 678 g/mol. The van der Waals surface area contributed by atoms with Gasteiger partial charge < -0.3 is 25.4 Å². The summed E-state index contributed by atoms with van der Waals surface area (Å²) in [4.78, 5) is 29.2. The van der Waals surface area contributed by atoms with Crippen LogP contribution >= 0.6 is 0 Å². The number of carbonyl (C=O) groups excluding carboxylic acids is 2. The van der Waals surface area contributed by atoms with Crippen molar-refractivity contribution >= 4 is 11.8 Å². The molecule has 2 amide bonds. The van der Waals surface area contributed by atoms with Crippen LogP contribution in [0.15, 0.2) is 103 Å². The number of nitrogens with one attached hydrogen (secondary N) is 2. The van der Waals surface area contributed by atoms with Crippen molar-refractivity contribution in [3.63, 3.8) is 0 Å². The van der Waals surface area contributed by atoms with E-state index in [2.05, 4.69) is 17.2 Å². The van der Waals surface area contributed by atoms with Gasteiger partial charge in [-0.1, -0.05) is 73.7 Å². The maximum Gasteiger partial charge on any atom is 0.416 e. The number of ether oxygens (including phenoxy) is 1. The number of amides is 2. The minimum absolute atomic E-state index is 0.0155. The van der Waals surface area contributed by atoms with Crippen molar-refractivity contribution in [2.75, 3.05) is 13.1 Å². The summed E-state index contributed by atoms with van der Waals surface area (Å²) in [5, 5.41) is 17.1. The lowest BCUT2D eigenvalue weighted by Gasteiger charge is -2.29. The van der Waals surface area contributed by atoms with Crippen LogP contribution in [0.1, 0.15) is 77.4 Å². The molecule has 0 saturated carbocycles. The Morgan fingerprint density at radius 3 is 2.43 bits per heavy atom. The van der Waals surface area contributed by atoms with Crippen molar-refractivity contribution in [1.29, 1.82) is 0 Å². The smallest absolute Gasteiger partial charge is 0.416 e. The van der Waals surface area contributed by atoms with Crippen LogP contribution in [0.3, 0.4) is 0 Å². The van der Waals surface area contributed by atoms with Crippen molar-refractivity contribution in [3.8, 4) is 0 Å². The first-order valence-corrected chi connectivity index (χ1v) is 16.7. The van der Waals surface area contributed by atoms with Crippen LogP contribution in [0, 0.1) is 0 Å². The lowest BCUT2D eigenvalue weighted by atomic mass is 10.00. The predicted octanol–water partition coefficient (Wildman–Crippen LogP) is 7.08. The van der Waals surface area contributed by atoms with E-state index in [1.165, 1.54) is 6.07 Å². The number of likely N-dealkylation sites (tertiary alicyclic amines) is 1. The number of rotatable bonds is 15. The molecule has 4 atom stereocenters. The third kappa shape index (κ3) is 10.8. The number of alkyl halides is 3. The van der Waals surface area contributed by atoms with E-state index < -0.39 is 29.8 Å². The summed E-state index contributed by atoms with van der Waals surface area (Å²) < 4.78 is 45.7. The summed E-state index contributed by atoms with van der Waals surface area (Å²) in [6.07, 6.45) is -0.973. The lowest BCUT2D eigenvalue weighted by molar-refractivity contribution is -0.137. The third-order valence-corrected chi connectivity index (χ3v) is 8.53. The fourth-order valence-corrected chi connectivity index (χ4v) is 5.80. The maximum absolute atomic E-state index is 13.8. The molecule has 3 aromatic rings. The lowest BCUT2D eigenvalue weighted by Crippen LogP contribution is -2.48. The van der Waals surface area contributed by atoms with Crippen molar-refractivity contribution in [2.45, 2.75) is 83.5 Å². The zero-order chi connectivity index (χ0) is 35.6. The van der Waals surface area contributed by atoms with Crippen molar-refractivity contribution < 1.29 is 32.6 Å². The molecule has 1 heterocycles.